The van der Waals surface area contributed by atoms with E-state index < -0.39 is 0 Å². The molecule has 0 heterocycles. The molecule has 0 aromatic rings. The van der Waals surface area contributed by atoms with E-state index in [4.69, 9.17) is 0 Å². The van der Waals surface area contributed by atoms with Gasteiger partial charge in [0.2, 0.25) is 0 Å². The van der Waals surface area contributed by atoms with Crippen LogP contribution in [0, 0.1) is 0 Å². The summed E-state index contributed by atoms with van der Waals surface area (Å²) in [6.45, 7) is 0. The minimum Gasteiger partial charge on any atom is -0.813 e. The van der Waals surface area contributed by atoms with Crippen molar-refractivity contribution in [1.82, 2.24) is 0 Å². The molecule has 0 spiro atoms. The van der Waals surface area contributed by atoms with Gasteiger partial charge in [-0.3, -0.25) is 0 Å². The molecule has 1 radical (unpaired) electrons. The predicted molar refractivity (Wildman–Crippen MR) is 26.3 cm³/mol. The molecule has 0 unspecified atom stereocenters. The van der Waals surface area contributed by atoms with E-state index in [0.717, 1.165) is 0 Å². The third kappa shape index (κ3) is 9.28. The van der Waals surface area contributed by atoms with E-state index in [-0.39, 0.29) is 61.6 Å². The minimum absolute atomic E-state index is 0. The first-order chi connectivity index (χ1) is 0. The van der Waals surface area contributed by atoms with Gasteiger partial charge < -0.3 is 40.5 Å². The average Bonchev–Trinajstić information content (AvgIpc) is 0. The van der Waals surface area contributed by atoms with Crippen LogP contribution in [0.3, 0.4) is 0 Å². The van der Waals surface area contributed by atoms with Crippen LogP contribution in [0.1, 0.15) is 0 Å². The second kappa shape index (κ2) is 21.9. The Bertz CT molecular complexity index is 3.25. The molecule has 0 fully saturated rings. The molecule has 0 aliphatic rings. The summed E-state index contributed by atoms with van der Waals surface area (Å²) in [4.78, 5) is 0. The number of hydrogen-bond acceptors (Lipinski definition) is 3. The molecule has 0 aromatic carbocycles. The monoisotopic (exact) mass is 197 g/mol. The van der Waals surface area contributed by atoms with Gasteiger partial charge in [-0.1, -0.05) is 0 Å². The molecule has 4 heavy (non-hydrogen) atoms. The Hall–Kier alpha value is 1.74. The Morgan fingerprint density at radius 1 is 0.500 bits per heavy atom. The fraction of sp³-hybridized carbons (Fsp3) is 0. The first kappa shape index (κ1) is 42.6. The summed E-state index contributed by atoms with van der Waals surface area (Å²) >= 11 is 0. The zero-order chi connectivity index (χ0) is 0. The second-order valence-corrected chi connectivity index (χ2v) is 0. The Balaban J connectivity index is 0. The summed E-state index contributed by atoms with van der Waals surface area (Å²) in [5.74, 6) is 0. The van der Waals surface area contributed by atoms with E-state index in [9.17, 15) is 0 Å². The summed E-state index contributed by atoms with van der Waals surface area (Å²) in [6.07, 6.45) is 0. The molecule has 0 N–H and O–H groups in total. The SMILES string of the molecule is [Mo+3].[SH-].[SH-].[SH-]. The minimum atomic E-state index is 0. The fourth-order valence-electron chi connectivity index (χ4n) is 0. The largest absolute Gasteiger partial charge is 3.00 e. The van der Waals surface area contributed by atoms with Crippen LogP contribution >= 0.6 is 0 Å². The molecule has 0 rings (SSSR count). The van der Waals surface area contributed by atoms with Gasteiger partial charge in [0.05, 0.1) is 0 Å². The van der Waals surface area contributed by atoms with Crippen molar-refractivity contribution < 1.29 is 21.1 Å². The molecule has 0 aliphatic carbocycles. The first-order valence-electron chi connectivity index (χ1n) is 0. The third-order valence-electron chi connectivity index (χ3n) is 0. The van der Waals surface area contributed by atoms with Crippen molar-refractivity contribution in [2.45, 2.75) is 0 Å². The molecule has 4 heteroatoms. The van der Waals surface area contributed by atoms with Gasteiger partial charge in [-0.05, 0) is 0 Å². The molecule has 0 aliphatic heterocycles. The van der Waals surface area contributed by atoms with Gasteiger partial charge >= 0.3 is 21.1 Å². The van der Waals surface area contributed by atoms with Crippen LogP contribution in [-0.4, -0.2) is 0 Å². The summed E-state index contributed by atoms with van der Waals surface area (Å²) in [5, 5.41) is 0. The Morgan fingerprint density at radius 2 is 0.500 bits per heavy atom. The molecule has 0 bridgehead atoms. The summed E-state index contributed by atoms with van der Waals surface area (Å²) in [6, 6.07) is 0. The Morgan fingerprint density at radius 3 is 0.500 bits per heavy atom. The van der Waals surface area contributed by atoms with Crippen LogP contribution in [0.2, 0.25) is 0 Å². The summed E-state index contributed by atoms with van der Waals surface area (Å²) in [5.41, 5.74) is 0. The molecule has 0 saturated carbocycles. The van der Waals surface area contributed by atoms with E-state index in [1.807, 2.05) is 0 Å². The van der Waals surface area contributed by atoms with Gasteiger partial charge in [0.1, 0.15) is 0 Å². The van der Waals surface area contributed by atoms with Crippen molar-refractivity contribution in [3.63, 3.8) is 0 Å². The van der Waals surface area contributed by atoms with Crippen molar-refractivity contribution >= 4 is 40.5 Å². The normalized spacial score (nSPS) is 0. The van der Waals surface area contributed by atoms with Crippen LogP contribution in [-0.2, 0) is 61.6 Å². The standard InChI is InChI=1S/Mo.3H2S/h;3*1H2/q+3;;;/p-3. The van der Waals surface area contributed by atoms with Crippen molar-refractivity contribution in [3.05, 3.63) is 0 Å². The van der Waals surface area contributed by atoms with Gasteiger partial charge in [0.25, 0.3) is 0 Å². The zero-order valence-corrected chi connectivity index (χ0v) is 6.44. The average molecular weight is 195 g/mol. The molecule has 27 valence electrons. The maximum absolute atomic E-state index is 0. The number of rotatable bonds is 0. The number of hydrogen-bond donors (Lipinski definition) is 0. The van der Waals surface area contributed by atoms with Gasteiger partial charge in [0.15, 0.2) is 0 Å². The summed E-state index contributed by atoms with van der Waals surface area (Å²) in [7, 11) is 0. The summed E-state index contributed by atoms with van der Waals surface area (Å²) < 4.78 is 0. The number of thiol groups is 3. The van der Waals surface area contributed by atoms with E-state index in [1.54, 1.807) is 0 Å². The molecule has 0 saturated heterocycles. The van der Waals surface area contributed by atoms with Gasteiger partial charge in [-0.15, -0.1) is 0 Å². The van der Waals surface area contributed by atoms with Gasteiger partial charge in [-0.25, -0.2) is 0 Å². The molecule has 0 amide bonds. The third-order valence-corrected chi connectivity index (χ3v) is 0. The molecular weight excluding hydrogens is 192 g/mol. The van der Waals surface area contributed by atoms with Crippen LogP contribution in [0.15, 0.2) is 0 Å². The van der Waals surface area contributed by atoms with Crippen LogP contribution in [0.5, 0.6) is 0 Å². The van der Waals surface area contributed by atoms with Crippen LogP contribution in [0.25, 0.3) is 0 Å². The molecular formula is H3MoS3. The first-order valence-corrected chi connectivity index (χ1v) is 0. The maximum Gasteiger partial charge on any atom is 3.00 e. The van der Waals surface area contributed by atoms with E-state index in [1.165, 1.54) is 0 Å². The topological polar surface area (TPSA) is 0 Å². The van der Waals surface area contributed by atoms with E-state index in [0.29, 0.717) is 0 Å². The molecule has 0 nitrogen and oxygen atoms in total. The zero-order valence-electron chi connectivity index (χ0n) is 1.75. The maximum atomic E-state index is 0. The van der Waals surface area contributed by atoms with Crippen LogP contribution < -0.4 is 0 Å². The van der Waals surface area contributed by atoms with E-state index in [2.05, 4.69) is 0 Å². The van der Waals surface area contributed by atoms with Gasteiger partial charge in [-0.2, -0.15) is 0 Å². The van der Waals surface area contributed by atoms with Gasteiger partial charge in [0, 0.05) is 0 Å². The quantitative estimate of drug-likeness (QED) is 0.282. The van der Waals surface area contributed by atoms with E-state index >= 15 is 0 Å². The van der Waals surface area contributed by atoms with Crippen molar-refractivity contribution in [2.24, 2.45) is 0 Å². The van der Waals surface area contributed by atoms with Crippen molar-refractivity contribution in [3.8, 4) is 0 Å². The smallest absolute Gasteiger partial charge is 0.813 e. The Labute approximate surface area is 61.3 Å². The molecule has 0 aromatic heterocycles. The van der Waals surface area contributed by atoms with Crippen molar-refractivity contribution in [1.29, 1.82) is 0 Å². The van der Waals surface area contributed by atoms with Crippen molar-refractivity contribution in [2.75, 3.05) is 0 Å². The second-order valence-electron chi connectivity index (χ2n) is 0. The van der Waals surface area contributed by atoms with Crippen LogP contribution in [0.4, 0.5) is 0 Å². The fourth-order valence-corrected chi connectivity index (χ4v) is 0. The molecule has 0 atom stereocenters. The predicted octanol–water partition coefficient (Wildman–Crippen LogP) is -0.813. The Kier molecular flexibility index (Phi) is 234.